The summed E-state index contributed by atoms with van der Waals surface area (Å²) >= 11 is 18.6. The van der Waals surface area contributed by atoms with Crippen molar-refractivity contribution in [2.75, 3.05) is 25.1 Å². The van der Waals surface area contributed by atoms with Crippen LogP contribution < -0.4 is 10.4 Å². The number of rotatable bonds is 4. The summed E-state index contributed by atoms with van der Waals surface area (Å²) in [6.07, 6.45) is 3.92. The molecule has 2 heterocycles. The van der Waals surface area contributed by atoms with Gasteiger partial charge in [0.05, 0.1) is 23.8 Å². The number of benzene rings is 2. The highest BCUT2D eigenvalue weighted by atomic mass is 35.5. The zero-order valence-corrected chi connectivity index (χ0v) is 19.0. The Hall–Kier alpha value is -1.79. The van der Waals surface area contributed by atoms with E-state index in [-0.39, 0.29) is 11.9 Å². The predicted octanol–water partition coefficient (Wildman–Crippen LogP) is 5.62. The third kappa shape index (κ3) is 4.59. The van der Waals surface area contributed by atoms with Crippen LogP contribution in [0.15, 0.2) is 47.6 Å². The van der Waals surface area contributed by atoms with Gasteiger partial charge in [0.2, 0.25) is 0 Å². The number of anilines is 1. The molecule has 5 nitrogen and oxygen atoms in total. The van der Waals surface area contributed by atoms with Crippen molar-refractivity contribution in [1.29, 1.82) is 0 Å². The lowest BCUT2D eigenvalue weighted by molar-refractivity contribution is -0.947. The van der Waals surface area contributed by atoms with E-state index in [0.717, 1.165) is 31.5 Å². The number of carbonyl (C=O) groups excluding carboxylic acids is 1. The second kappa shape index (κ2) is 8.75. The number of piperidine rings is 1. The molecule has 1 N–H and O–H groups in total. The van der Waals surface area contributed by atoms with Crippen LogP contribution in [-0.4, -0.2) is 36.3 Å². The molecule has 1 unspecified atom stereocenters. The molecule has 0 radical (unpaired) electrons. The van der Waals surface area contributed by atoms with Crippen LogP contribution in [0.3, 0.4) is 0 Å². The minimum Gasteiger partial charge on any atom is -0.263 e. The molecule has 1 fully saturated rings. The standard InChI is InChI=1S/C22H23Cl3N4O/c1-29(11-3-2-4-12-29)27-22(30)19-14-21(15-5-7-16(23)8-6-15)28(26-19)20-10-9-17(24)13-18(20)25/h5-10,13,21H,2-4,11-12,14H2,1H3/p+1. The van der Waals surface area contributed by atoms with Gasteiger partial charge in [-0.25, -0.2) is 4.59 Å². The van der Waals surface area contributed by atoms with E-state index in [1.54, 1.807) is 12.1 Å². The van der Waals surface area contributed by atoms with Crippen LogP contribution >= 0.6 is 34.8 Å². The van der Waals surface area contributed by atoms with Crippen LogP contribution in [0.1, 0.15) is 37.3 Å². The summed E-state index contributed by atoms with van der Waals surface area (Å²) in [6, 6.07) is 12.7. The minimum atomic E-state index is -0.159. The van der Waals surface area contributed by atoms with Gasteiger partial charge in [0.15, 0.2) is 0 Å². The largest absolute Gasteiger partial charge is 0.312 e. The van der Waals surface area contributed by atoms with Crippen molar-refractivity contribution in [1.82, 2.24) is 5.43 Å². The zero-order chi connectivity index (χ0) is 21.3. The van der Waals surface area contributed by atoms with Crippen LogP contribution in [0.4, 0.5) is 5.69 Å². The smallest absolute Gasteiger partial charge is 0.263 e. The van der Waals surface area contributed by atoms with Gasteiger partial charge in [-0.15, -0.1) is 0 Å². The molecule has 8 heteroatoms. The number of nitrogens with zero attached hydrogens (tertiary/aromatic N) is 3. The molecule has 1 saturated heterocycles. The van der Waals surface area contributed by atoms with Crippen molar-refractivity contribution >= 4 is 52.1 Å². The van der Waals surface area contributed by atoms with E-state index >= 15 is 0 Å². The fourth-order valence-electron chi connectivity index (χ4n) is 4.11. The number of amides is 1. The summed E-state index contributed by atoms with van der Waals surface area (Å²) in [6.45, 7) is 1.87. The molecule has 2 aliphatic heterocycles. The molecule has 0 aliphatic carbocycles. The highest BCUT2D eigenvalue weighted by molar-refractivity contribution is 6.40. The van der Waals surface area contributed by atoms with Gasteiger partial charge in [-0.1, -0.05) is 46.9 Å². The quantitative estimate of drug-likeness (QED) is 0.595. The molecule has 0 bridgehead atoms. The average molecular weight is 467 g/mol. The molecule has 2 aliphatic rings. The summed E-state index contributed by atoms with van der Waals surface area (Å²) in [5.74, 6) is -0.133. The lowest BCUT2D eigenvalue weighted by Gasteiger charge is -2.36. The van der Waals surface area contributed by atoms with E-state index in [1.807, 2.05) is 35.3 Å². The molecule has 1 amide bonds. The number of quaternary nitrogens is 1. The van der Waals surface area contributed by atoms with Crippen molar-refractivity contribution in [3.8, 4) is 0 Å². The number of carbonyl (C=O) groups is 1. The topological polar surface area (TPSA) is 44.7 Å². The van der Waals surface area contributed by atoms with Crippen molar-refractivity contribution in [2.24, 2.45) is 5.10 Å². The third-order valence-corrected chi connectivity index (χ3v) is 6.55. The Labute approximate surface area is 191 Å². The van der Waals surface area contributed by atoms with E-state index in [1.165, 1.54) is 6.42 Å². The number of hydrogen-bond donors (Lipinski definition) is 1. The highest BCUT2D eigenvalue weighted by Gasteiger charge is 2.36. The first-order chi connectivity index (χ1) is 14.3. The van der Waals surface area contributed by atoms with Crippen molar-refractivity contribution < 1.29 is 9.39 Å². The molecule has 0 spiro atoms. The molecule has 158 valence electrons. The lowest BCUT2D eigenvalue weighted by Crippen LogP contribution is -2.60. The summed E-state index contributed by atoms with van der Waals surface area (Å²) in [7, 11) is 2.07. The van der Waals surface area contributed by atoms with Crippen LogP contribution in [0.25, 0.3) is 0 Å². The molecule has 30 heavy (non-hydrogen) atoms. The van der Waals surface area contributed by atoms with Gasteiger partial charge < -0.3 is 0 Å². The highest BCUT2D eigenvalue weighted by Crippen LogP contribution is 2.40. The summed E-state index contributed by atoms with van der Waals surface area (Å²) in [5.41, 5.74) is 5.39. The number of likely N-dealkylation sites (tertiary alicyclic amines) is 1. The molecular formula is C22H24Cl3N4O+. The van der Waals surface area contributed by atoms with Gasteiger partial charge in [-0.05, 0) is 55.2 Å². The van der Waals surface area contributed by atoms with Crippen molar-refractivity contribution in [2.45, 2.75) is 31.7 Å². The zero-order valence-electron chi connectivity index (χ0n) is 16.7. The van der Waals surface area contributed by atoms with Crippen molar-refractivity contribution in [3.63, 3.8) is 0 Å². The van der Waals surface area contributed by atoms with Gasteiger partial charge >= 0.3 is 5.91 Å². The Kier molecular flexibility index (Phi) is 6.26. The lowest BCUT2D eigenvalue weighted by atomic mass is 10.0. The first-order valence-electron chi connectivity index (χ1n) is 10.1. The maximum atomic E-state index is 13.1. The number of halogens is 3. The van der Waals surface area contributed by atoms with E-state index in [4.69, 9.17) is 39.9 Å². The van der Waals surface area contributed by atoms with E-state index in [9.17, 15) is 4.79 Å². The Morgan fingerprint density at radius 1 is 1.03 bits per heavy atom. The first-order valence-corrected chi connectivity index (χ1v) is 11.2. The SMILES string of the molecule is C[N+]1(NC(=O)C2=NN(c3ccc(Cl)cc3Cl)C(c3ccc(Cl)cc3)C2)CCCCC1. The Morgan fingerprint density at radius 2 is 1.70 bits per heavy atom. The fourth-order valence-corrected chi connectivity index (χ4v) is 4.73. The summed E-state index contributed by atoms with van der Waals surface area (Å²) in [5, 5.41) is 8.21. The van der Waals surface area contributed by atoms with Crippen LogP contribution in [0.2, 0.25) is 15.1 Å². The average Bonchev–Trinajstić information content (AvgIpc) is 3.14. The Morgan fingerprint density at radius 3 is 2.37 bits per heavy atom. The molecule has 1 atom stereocenters. The summed E-state index contributed by atoms with van der Waals surface area (Å²) < 4.78 is 0.547. The van der Waals surface area contributed by atoms with Crippen LogP contribution in [0, 0.1) is 0 Å². The van der Waals surface area contributed by atoms with Crippen molar-refractivity contribution in [3.05, 3.63) is 63.1 Å². The van der Waals surface area contributed by atoms with E-state index in [2.05, 4.69) is 12.5 Å². The Balaban J connectivity index is 1.64. The number of hydrogen-bond acceptors (Lipinski definition) is 3. The second-order valence-corrected chi connectivity index (χ2v) is 9.38. The normalized spacial score (nSPS) is 20.7. The molecule has 2 aromatic carbocycles. The summed E-state index contributed by atoms with van der Waals surface area (Å²) in [4.78, 5) is 13.1. The maximum Gasteiger partial charge on any atom is 0.312 e. The molecule has 0 saturated carbocycles. The first kappa shape index (κ1) is 21.4. The number of nitrogens with one attached hydrogen (secondary N) is 1. The van der Waals surface area contributed by atoms with Crippen LogP contribution in [-0.2, 0) is 4.79 Å². The third-order valence-electron chi connectivity index (χ3n) is 5.76. The minimum absolute atomic E-state index is 0.133. The Bertz CT molecular complexity index is 971. The fraction of sp³-hybridized carbons (Fsp3) is 0.364. The molecule has 0 aromatic heterocycles. The van der Waals surface area contributed by atoms with Gasteiger partial charge in [0.1, 0.15) is 18.8 Å². The van der Waals surface area contributed by atoms with Crippen LogP contribution in [0.5, 0.6) is 0 Å². The number of hydrazone groups is 1. The second-order valence-electron chi connectivity index (χ2n) is 8.10. The van der Waals surface area contributed by atoms with Gasteiger partial charge in [0.25, 0.3) is 0 Å². The molecule has 2 aromatic rings. The molecular weight excluding hydrogens is 443 g/mol. The van der Waals surface area contributed by atoms with Gasteiger partial charge in [0, 0.05) is 16.5 Å². The van der Waals surface area contributed by atoms with Gasteiger partial charge in [-0.3, -0.25) is 9.80 Å². The molecule has 4 rings (SSSR count). The maximum absolute atomic E-state index is 13.1. The van der Waals surface area contributed by atoms with E-state index < -0.39 is 0 Å². The van der Waals surface area contributed by atoms with E-state index in [0.29, 0.717) is 37.5 Å². The monoisotopic (exact) mass is 465 g/mol. The van der Waals surface area contributed by atoms with Gasteiger partial charge in [-0.2, -0.15) is 10.5 Å². The predicted molar refractivity (Wildman–Crippen MR) is 123 cm³/mol.